The Balaban J connectivity index is 1.65. The van der Waals surface area contributed by atoms with Gasteiger partial charge in [0.05, 0.1) is 5.92 Å². The van der Waals surface area contributed by atoms with Gasteiger partial charge in [-0.1, -0.05) is 18.2 Å². The van der Waals surface area contributed by atoms with E-state index in [1.807, 2.05) is 27.1 Å². The lowest BCUT2D eigenvalue weighted by molar-refractivity contribution is -0.144. The summed E-state index contributed by atoms with van der Waals surface area (Å²) in [6, 6.07) is 8.68. The van der Waals surface area contributed by atoms with E-state index < -0.39 is 0 Å². The summed E-state index contributed by atoms with van der Waals surface area (Å²) in [5.41, 5.74) is 5.02. The molecule has 2 aliphatic rings. The number of ether oxygens (including phenoxy) is 2. The third-order valence-corrected chi connectivity index (χ3v) is 6.29. The lowest BCUT2D eigenvalue weighted by Gasteiger charge is -2.32. The minimum absolute atomic E-state index is 0.0918. The predicted octanol–water partition coefficient (Wildman–Crippen LogP) is 4.36. The Labute approximate surface area is 171 Å². The molecule has 0 amide bonds. The molecule has 0 N–H and O–H groups in total. The average molecular weight is 397 g/mol. The monoisotopic (exact) mass is 397 g/mol. The van der Waals surface area contributed by atoms with Crippen molar-refractivity contribution in [2.45, 2.75) is 39.4 Å². The lowest BCUT2D eigenvalue weighted by atomic mass is 9.74. The van der Waals surface area contributed by atoms with Crippen molar-refractivity contribution in [2.24, 2.45) is 11.8 Å². The van der Waals surface area contributed by atoms with Gasteiger partial charge in [-0.2, -0.15) is 0 Å². The van der Waals surface area contributed by atoms with Crippen molar-refractivity contribution in [1.29, 1.82) is 0 Å². The largest absolute Gasteiger partial charge is 0.489 e. The van der Waals surface area contributed by atoms with Gasteiger partial charge in [0.25, 0.3) is 0 Å². The Kier molecular flexibility index (Phi) is 5.34. The van der Waals surface area contributed by atoms with Crippen molar-refractivity contribution < 1.29 is 18.7 Å². The second-order valence-electron chi connectivity index (χ2n) is 8.52. The third-order valence-electron chi connectivity index (χ3n) is 6.29. The molecule has 5 heteroatoms. The minimum Gasteiger partial charge on any atom is -0.489 e. The highest BCUT2D eigenvalue weighted by molar-refractivity contribution is 5.76. The van der Waals surface area contributed by atoms with Crippen molar-refractivity contribution in [1.82, 2.24) is 4.90 Å². The van der Waals surface area contributed by atoms with Gasteiger partial charge in [0.15, 0.2) is 0 Å². The first-order valence-corrected chi connectivity index (χ1v) is 10.2. The third kappa shape index (κ3) is 3.64. The maximum absolute atomic E-state index is 14.0. The van der Waals surface area contributed by atoms with Gasteiger partial charge in [-0.05, 0) is 69.6 Å². The van der Waals surface area contributed by atoms with E-state index in [4.69, 9.17) is 9.47 Å². The van der Waals surface area contributed by atoms with E-state index >= 15 is 0 Å². The van der Waals surface area contributed by atoms with Crippen molar-refractivity contribution in [3.05, 3.63) is 64.0 Å². The number of carbonyl (C=O) groups is 1. The standard InChI is InChI=1S/C24H28FNO3/c1-14-11-21(28-13-16-7-5-6-8-20(16)25)15(2)22-17(14)9-10-18-19(12-26(3)4)24(27)29-23(18)22/h5-8,11,18-19,23H,9-10,12-13H2,1-4H3/t18-,19?,23+/m0/s1. The van der Waals surface area contributed by atoms with Crippen molar-refractivity contribution in [3.8, 4) is 5.75 Å². The van der Waals surface area contributed by atoms with Crippen molar-refractivity contribution in [2.75, 3.05) is 20.6 Å². The zero-order valence-electron chi connectivity index (χ0n) is 17.5. The van der Waals surface area contributed by atoms with Gasteiger partial charge in [-0.15, -0.1) is 0 Å². The number of carbonyl (C=O) groups excluding carboxylic acids is 1. The summed E-state index contributed by atoms with van der Waals surface area (Å²) in [6.07, 6.45) is 1.68. The molecular weight excluding hydrogens is 369 g/mol. The van der Waals surface area contributed by atoms with Crippen LogP contribution in [0.4, 0.5) is 4.39 Å². The highest BCUT2D eigenvalue weighted by Gasteiger charge is 2.48. The second-order valence-corrected chi connectivity index (χ2v) is 8.52. The molecule has 1 saturated heterocycles. The summed E-state index contributed by atoms with van der Waals surface area (Å²) in [7, 11) is 3.98. The average Bonchev–Trinajstić information content (AvgIpc) is 2.99. The quantitative estimate of drug-likeness (QED) is 0.703. The molecule has 0 radical (unpaired) electrons. The molecule has 0 aromatic heterocycles. The van der Waals surface area contributed by atoms with Crippen LogP contribution in [0.2, 0.25) is 0 Å². The number of nitrogens with zero attached hydrogens (tertiary/aromatic N) is 1. The summed E-state index contributed by atoms with van der Waals surface area (Å²) < 4.78 is 25.9. The topological polar surface area (TPSA) is 38.8 Å². The molecule has 2 aromatic rings. The minimum atomic E-state index is -0.267. The van der Waals surface area contributed by atoms with Gasteiger partial charge in [0, 0.05) is 23.6 Å². The van der Waals surface area contributed by atoms with E-state index in [-0.39, 0.29) is 36.3 Å². The Morgan fingerprint density at radius 3 is 2.72 bits per heavy atom. The van der Waals surface area contributed by atoms with Gasteiger partial charge in [-0.25, -0.2) is 4.39 Å². The zero-order valence-corrected chi connectivity index (χ0v) is 17.5. The van der Waals surface area contributed by atoms with Crippen LogP contribution in [0.25, 0.3) is 0 Å². The molecule has 1 aliphatic heterocycles. The van der Waals surface area contributed by atoms with Crippen LogP contribution in [0.15, 0.2) is 30.3 Å². The smallest absolute Gasteiger partial charge is 0.311 e. The fraction of sp³-hybridized carbons (Fsp3) is 0.458. The number of fused-ring (bicyclic) bond motifs is 3. The maximum atomic E-state index is 14.0. The molecule has 1 unspecified atom stereocenters. The molecular formula is C24H28FNO3. The van der Waals surface area contributed by atoms with Crippen LogP contribution in [-0.2, 0) is 22.6 Å². The highest BCUT2D eigenvalue weighted by Crippen LogP contribution is 2.50. The molecule has 4 rings (SSSR count). The normalized spacial score (nSPS) is 23.0. The van der Waals surface area contributed by atoms with Gasteiger partial charge in [0.2, 0.25) is 0 Å². The van der Waals surface area contributed by atoms with E-state index in [9.17, 15) is 9.18 Å². The Morgan fingerprint density at radius 1 is 1.24 bits per heavy atom. The van der Waals surface area contributed by atoms with Gasteiger partial charge >= 0.3 is 5.97 Å². The molecule has 3 atom stereocenters. The van der Waals surface area contributed by atoms with Crippen LogP contribution in [0, 0.1) is 31.5 Å². The van der Waals surface area contributed by atoms with E-state index in [1.165, 1.54) is 11.6 Å². The van der Waals surface area contributed by atoms with Gasteiger partial charge in [-0.3, -0.25) is 4.79 Å². The highest BCUT2D eigenvalue weighted by atomic mass is 19.1. The molecule has 0 saturated carbocycles. The van der Waals surface area contributed by atoms with E-state index in [2.05, 4.69) is 11.8 Å². The van der Waals surface area contributed by atoms with E-state index in [1.54, 1.807) is 18.2 Å². The van der Waals surface area contributed by atoms with Crippen LogP contribution in [0.1, 0.15) is 40.3 Å². The molecule has 1 fully saturated rings. The van der Waals surface area contributed by atoms with Crippen LogP contribution >= 0.6 is 0 Å². The first kappa shape index (κ1) is 19.9. The summed E-state index contributed by atoms with van der Waals surface area (Å²) in [6.45, 7) is 4.97. The van der Waals surface area contributed by atoms with Crippen LogP contribution in [0.3, 0.4) is 0 Å². The fourth-order valence-corrected chi connectivity index (χ4v) is 4.83. The summed E-state index contributed by atoms with van der Waals surface area (Å²) in [5.74, 6) is 0.466. The molecule has 1 aliphatic carbocycles. The number of esters is 1. The van der Waals surface area contributed by atoms with Gasteiger partial charge < -0.3 is 14.4 Å². The van der Waals surface area contributed by atoms with Crippen molar-refractivity contribution in [3.63, 3.8) is 0 Å². The fourth-order valence-electron chi connectivity index (χ4n) is 4.83. The summed E-state index contributed by atoms with van der Waals surface area (Å²) in [5, 5.41) is 0. The molecule has 4 nitrogen and oxygen atoms in total. The van der Waals surface area contributed by atoms with Crippen molar-refractivity contribution >= 4 is 5.97 Å². The lowest BCUT2D eigenvalue weighted by Crippen LogP contribution is -2.31. The molecule has 29 heavy (non-hydrogen) atoms. The Morgan fingerprint density at radius 2 is 2.00 bits per heavy atom. The van der Waals surface area contributed by atoms with Crippen LogP contribution in [-0.4, -0.2) is 31.5 Å². The summed E-state index contributed by atoms with van der Waals surface area (Å²) >= 11 is 0. The Hall–Kier alpha value is -2.40. The summed E-state index contributed by atoms with van der Waals surface area (Å²) in [4.78, 5) is 14.6. The first-order chi connectivity index (χ1) is 13.9. The van der Waals surface area contributed by atoms with E-state index in [0.29, 0.717) is 12.1 Å². The number of hydrogen-bond acceptors (Lipinski definition) is 4. The predicted molar refractivity (Wildman–Crippen MR) is 109 cm³/mol. The van der Waals surface area contributed by atoms with E-state index in [0.717, 1.165) is 35.3 Å². The maximum Gasteiger partial charge on any atom is 0.311 e. The van der Waals surface area contributed by atoms with Gasteiger partial charge in [0.1, 0.15) is 24.3 Å². The molecule has 2 aromatic carbocycles. The zero-order chi connectivity index (χ0) is 20.7. The number of aryl methyl sites for hydroxylation is 1. The number of halogens is 1. The second kappa shape index (κ2) is 7.79. The number of hydrogen-bond donors (Lipinski definition) is 0. The molecule has 0 bridgehead atoms. The molecule has 0 spiro atoms. The van der Waals surface area contributed by atoms with Crippen LogP contribution < -0.4 is 4.74 Å². The number of rotatable bonds is 5. The van der Waals surface area contributed by atoms with Crippen LogP contribution in [0.5, 0.6) is 5.75 Å². The Bertz CT molecular complexity index is 940. The number of benzene rings is 2. The SMILES string of the molecule is Cc1cc(OCc2ccccc2F)c(C)c2c1CC[C@H]1C(CN(C)C)C(=O)O[C@@H]21. The molecule has 154 valence electrons. The first-order valence-electron chi connectivity index (χ1n) is 10.2. The molecule has 1 heterocycles.